The van der Waals surface area contributed by atoms with Gasteiger partial charge in [0.15, 0.2) is 5.69 Å². The summed E-state index contributed by atoms with van der Waals surface area (Å²) in [5, 5.41) is 2.79. The van der Waals surface area contributed by atoms with Crippen molar-refractivity contribution in [3.8, 4) is 0 Å². The lowest BCUT2D eigenvalue weighted by Gasteiger charge is -2.16. The smallest absolute Gasteiger partial charge is 0.271 e. The van der Waals surface area contributed by atoms with Gasteiger partial charge in [0.2, 0.25) is 16.0 Å². The highest BCUT2D eigenvalue weighted by Crippen LogP contribution is 2.19. The number of nitrogens with one attached hydrogen (secondary N) is 2. The second-order valence-corrected chi connectivity index (χ2v) is 8.67. The Balaban J connectivity index is 1.51. The van der Waals surface area contributed by atoms with E-state index in [1.807, 2.05) is 11.0 Å². The van der Waals surface area contributed by atoms with Gasteiger partial charge < -0.3 is 10.2 Å². The van der Waals surface area contributed by atoms with Crippen molar-refractivity contribution in [2.24, 2.45) is 0 Å². The number of benzene rings is 1. The molecule has 0 atom stereocenters. The van der Waals surface area contributed by atoms with Gasteiger partial charge in [-0.05, 0) is 18.4 Å². The van der Waals surface area contributed by atoms with E-state index >= 15 is 0 Å². The number of amides is 1. The normalized spacial score (nSPS) is 14.2. The van der Waals surface area contributed by atoms with Gasteiger partial charge in [-0.3, -0.25) is 4.79 Å². The van der Waals surface area contributed by atoms with Crippen molar-refractivity contribution in [2.45, 2.75) is 18.6 Å². The van der Waals surface area contributed by atoms with Gasteiger partial charge in [0.1, 0.15) is 0 Å². The lowest BCUT2D eigenvalue weighted by Crippen LogP contribution is -2.35. The van der Waals surface area contributed by atoms with Crippen LogP contribution in [0.25, 0.3) is 0 Å². The number of nitrogens with zero attached hydrogens (tertiary/aromatic N) is 3. The predicted octanol–water partition coefficient (Wildman–Crippen LogP) is 1.58. The number of hydrogen-bond acceptors (Lipinski definition) is 6. The minimum Gasteiger partial charge on any atom is -0.349 e. The van der Waals surface area contributed by atoms with Crippen molar-refractivity contribution < 1.29 is 13.2 Å². The van der Waals surface area contributed by atoms with Crippen LogP contribution in [0.15, 0.2) is 36.5 Å². The summed E-state index contributed by atoms with van der Waals surface area (Å²) < 4.78 is 26.6. The van der Waals surface area contributed by atoms with Crippen LogP contribution in [0.5, 0.6) is 0 Å². The molecule has 1 aliphatic heterocycles. The maximum atomic E-state index is 12.4. The zero-order valence-corrected chi connectivity index (χ0v) is 16.8. The monoisotopic (exact) mass is 423 g/mol. The quantitative estimate of drug-likeness (QED) is 0.624. The van der Waals surface area contributed by atoms with Crippen LogP contribution in [0, 0.1) is 0 Å². The minimum absolute atomic E-state index is 0.0720. The number of aromatic nitrogens is 2. The Morgan fingerprint density at radius 1 is 1.14 bits per heavy atom. The molecule has 3 rings (SSSR count). The number of halogens is 1. The zero-order valence-electron chi connectivity index (χ0n) is 15.3. The van der Waals surface area contributed by atoms with Crippen molar-refractivity contribution in [1.29, 1.82) is 0 Å². The van der Waals surface area contributed by atoms with Crippen LogP contribution < -0.4 is 14.9 Å². The van der Waals surface area contributed by atoms with Gasteiger partial charge in [-0.15, -0.1) is 0 Å². The molecule has 1 saturated heterocycles. The molecule has 0 unspecified atom stereocenters. The third kappa shape index (κ3) is 5.63. The van der Waals surface area contributed by atoms with Crippen LogP contribution in [0.2, 0.25) is 5.02 Å². The van der Waals surface area contributed by atoms with Gasteiger partial charge in [0.25, 0.3) is 5.91 Å². The van der Waals surface area contributed by atoms with Gasteiger partial charge >= 0.3 is 0 Å². The molecule has 0 radical (unpaired) electrons. The predicted molar refractivity (Wildman–Crippen MR) is 108 cm³/mol. The van der Waals surface area contributed by atoms with E-state index in [0.29, 0.717) is 11.5 Å². The van der Waals surface area contributed by atoms with Crippen LogP contribution in [-0.4, -0.2) is 50.5 Å². The third-order valence-corrected chi connectivity index (χ3v) is 5.90. The summed E-state index contributed by atoms with van der Waals surface area (Å²) >= 11 is 6.06. The lowest BCUT2D eigenvalue weighted by atomic mass is 10.2. The summed E-state index contributed by atoms with van der Waals surface area (Å²) in [6, 6.07) is 8.89. The van der Waals surface area contributed by atoms with E-state index in [4.69, 9.17) is 11.6 Å². The highest BCUT2D eigenvalue weighted by molar-refractivity contribution is 7.88. The number of carbonyl (C=O) groups excluding carboxylic acids is 1. The summed E-state index contributed by atoms with van der Waals surface area (Å²) in [5.74, 6) is -0.0932. The third-order valence-electron chi connectivity index (χ3n) is 4.27. The highest BCUT2D eigenvalue weighted by Gasteiger charge is 2.19. The molecule has 1 aliphatic rings. The second-order valence-electron chi connectivity index (χ2n) is 6.46. The van der Waals surface area contributed by atoms with E-state index in [9.17, 15) is 13.2 Å². The molecule has 1 amide bonds. The van der Waals surface area contributed by atoms with Crippen molar-refractivity contribution in [3.63, 3.8) is 0 Å². The number of sulfonamides is 1. The average Bonchev–Trinajstić information content (AvgIpc) is 3.21. The largest absolute Gasteiger partial charge is 0.349 e. The van der Waals surface area contributed by atoms with E-state index < -0.39 is 15.9 Å². The van der Waals surface area contributed by atoms with Gasteiger partial charge in [-0.25, -0.2) is 23.1 Å². The Morgan fingerprint density at radius 3 is 2.57 bits per heavy atom. The fourth-order valence-corrected chi connectivity index (χ4v) is 4.22. The number of rotatable bonds is 8. The Hall–Kier alpha value is -2.23. The van der Waals surface area contributed by atoms with Crippen molar-refractivity contribution >= 4 is 33.5 Å². The molecular weight excluding hydrogens is 402 g/mol. The standard InChI is InChI=1S/C18H22ClN5O3S/c19-15-12-21-18(24-10-4-5-11-24)23-16(15)17(25)20-8-9-22-28(26,27)13-14-6-2-1-3-7-14/h1-3,6-7,12,22H,4-5,8-11,13H2,(H,20,25). The first-order valence-electron chi connectivity index (χ1n) is 9.01. The Morgan fingerprint density at radius 2 is 1.86 bits per heavy atom. The zero-order chi connectivity index (χ0) is 20.0. The molecule has 10 heteroatoms. The topological polar surface area (TPSA) is 104 Å². The van der Waals surface area contributed by atoms with Gasteiger partial charge in [-0.1, -0.05) is 41.9 Å². The molecule has 0 aliphatic carbocycles. The Kier molecular flexibility index (Phi) is 6.82. The summed E-state index contributed by atoms with van der Waals surface area (Å²) in [6.45, 7) is 1.90. The van der Waals surface area contributed by atoms with E-state index in [0.717, 1.165) is 25.9 Å². The molecule has 150 valence electrons. The van der Waals surface area contributed by atoms with E-state index in [-0.39, 0.29) is 29.6 Å². The summed E-state index contributed by atoms with van der Waals surface area (Å²) in [5.41, 5.74) is 0.784. The Labute approximate surface area is 169 Å². The molecule has 28 heavy (non-hydrogen) atoms. The molecule has 1 aromatic heterocycles. The first kappa shape index (κ1) is 20.5. The van der Waals surface area contributed by atoms with Crippen molar-refractivity contribution in [1.82, 2.24) is 20.0 Å². The van der Waals surface area contributed by atoms with Crippen molar-refractivity contribution in [3.05, 3.63) is 52.8 Å². The SMILES string of the molecule is O=C(NCCNS(=O)(=O)Cc1ccccc1)c1nc(N2CCCC2)ncc1Cl. The summed E-state index contributed by atoms with van der Waals surface area (Å²) in [7, 11) is -3.48. The summed E-state index contributed by atoms with van der Waals surface area (Å²) in [4.78, 5) is 22.8. The molecule has 0 saturated carbocycles. The maximum Gasteiger partial charge on any atom is 0.271 e. The molecule has 0 bridgehead atoms. The molecule has 2 N–H and O–H groups in total. The second kappa shape index (κ2) is 9.31. The fourth-order valence-electron chi connectivity index (χ4n) is 2.90. The highest BCUT2D eigenvalue weighted by atomic mass is 35.5. The molecule has 1 aromatic carbocycles. The van der Waals surface area contributed by atoms with Crippen LogP contribution in [-0.2, 0) is 15.8 Å². The molecular formula is C18H22ClN5O3S. The molecule has 0 spiro atoms. The van der Waals surface area contributed by atoms with Gasteiger partial charge in [0.05, 0.1) is 17.0 Å². The van der Waals surface area contributed by atoms with Crippen LogP contribution in [0.3, 0.4) is 0 Å². The first-order chi connectivity index (χ1) is 13.4. The average molecular weight is 424 g/mol. The Bertz CT molecular complexity index is 918. The molecule has 2 heterocycles. The van der Waals surface area contributed by atoms with Gasteiger partial charge in [-0.2, -0.15) is 0 Å². The van der Waals surface area contributed by atoms with Crippen molar-refractivity contribution in [2.75, 3.05) is 31.1 Å². The fraction of sp³-hybridized carbons (Fsp3) is 0.389. The number of carbonyl (C=O) groups is 1. The number of hydrogen-bond donors (Lipinski definition) is 2. The minimum atomic E-state index is -3.48. The van der Waals surface area contributed by atoms with Crippen LogP contribution >= 0.6 is 11.6 Å². The molecule has 8 nitrogen and oxygen atoms in total. The van der Waals surface area contributed by atoms with Crippen LogP contribution in [0.4, 0.5) is 5.95 Å². The summed E-state index contributed by atoms with van der Waals surface area (Å²) in [6.07, 6.45) is 3.55. The van der Waals surface area contributed by atoms with Crippen LogP contribution in [0.1, 0.15) is 28.9 Å². The van der Waals surface area contributed by atoms with E-state index in [1.165, 1.54) is 6.20 Å². The lowest BCUT2D eigenvalue weighted by molar-refractivity contribution is 0.0949. The molecule has 1 fully saturated rings. The van der Waals surface area contributed by atoms with E-state index in [2.05, 4.69) is 20.0 Å². The maximum absolute atomic E-state index is 12.4. The van der Waals surface area contributed by atoms with Gasteiger partial charge in [0, 0.05) is 26.2 Å². The first-order valence-corrected chi connectivity index (χ1v) is 11.0. The molecule has 2 aromatic rings. The number of anilines is 1. The van der Waals surface area contributed by atoms with E-state index in [1.54, 1.807) is 24.3 Å².